The van der Waals surface area contributed by atoms with E-state index in [0.29, 0.717) is 6.61 Å². The second kappa shape index (κ2) is 5.41. The van der Waals surface area contributed by atoms with Crippen molar-refractivity contribution in [2.75, 3.05) is 31.4 Å². The standard InChI is InChI=1S/C13H17NO5S/c1-14(12-8-19-7-11(12)13(15)16)9-3-5-10(6-4-9)20(2,17)18/h3-6,11-12H,7-8H2,1-2H3,(H,15,16). The Kier molecular flexibility index (Phi) is 4.01. The second-order valence-electron chi connectivity index (χ2n) is 4.93. The highest BCUT2D eigenvalue weighted by Gasteiger charge is 2.36. The van der Waals surface area contributed by atoms with Gasteiger partial charge in [0.25, 0.3) is 0 Å². The van der Waals surface area contributed by atoms with E-state index in [2.05, 4.69) is 0 Å². The zero-order valence-electron chi connectivity index (χ0n) is 11.3. The fourth-order valence-electron chi connectivity index (χ4n) is 2.28. The van der Waals surface area contributed by atoms with E-state index < -0.39 is 21.7 Å². The van der Waals surface area contributed by atoms with Crippen LogP contribution in [0.2, 0.25) is 0 Å². The van der Waals surface area contributed by atoms with Crippen LogP contribution in [0.4, 0.5) is 5.69 Å². The lowest BCUT2D eigenvalue weighted by molar-refractivity contribution is -0.141. The number of sulfone groups is 1. The van der Waals surface area contributed by atoms with Crippen LogP contribution >= 0.6 is 0 Å². The van der Waals surface area contributed by atoms with Gasteiger partial charge in [-0.3, -0.25) is 4.79 Å². The van der Waals surface area contributed by atoms with Gasteiger partial charge in [-0.1, -0.05) is 0 Å². The molecule has 1 fully saturated rings. The van der Waals surface area contributed by atoms with Crippen LogP contribution in [0, 0.1) is 5.92 Å². The quantitative estimate of drug-likeness (QED) is 0.877. The molecule has 1 aliphatic heterocycles. The molecule has 0 spiro atoms. The zero-order valence-corrected chi connectivity index (χ0v) is 12.1. The Balaban J connectivity index is 2.21. The number of carbonyl (C=O) groups is 1. The second-order valence-corrected chi connectivity index (χ2v) is 6.94. The molecule has 7 heteroatoms. The van der Waals surface area contributed by atoms with Gasteiger partial charge >= 0.3 is 5.97 Å². The highest BCUT2D eigenvalue weighted by Crippen LogP contribution is 2.25. The average molecular weight is 299 g/mol. The van der Waals surface area contributed by atoms with Gasteiger partial charge in [0.15, 0.2) is 9.84 Å². The summed E-state index contributed by atoms with van der Waals surface area (Å²) in [6.45, 7) is 0.549. The molecular weight excluding hydrogens is 282 g/mol. The molecule has 0 bridgehead atoms. The zero-order chi connectivity index (χ0) is 14.9. The minimum absolute atomic E-state index is 0.200. The summed E-state index contributed by atoms with van der Waals surface area (Å²) in [7, 11) is -1.44. The fraction of sp³-hybridized carbons (Fsp3) is 0.462. The number of hydrogen-bond acceptors (Lipinski definition) is 5. The number of likely N-dealkylation sites (N-methyl/N-ethyl adjacent to an activating group) is 1. The van der Waals surface area contributed by atoms with Crippen LogP contribution in [0.3, 0.4) is 0 Å². The maximum Gasteiger partial charge on any atom is 0.311 e. The Morgan fingerprint density at radius 1 is 1.30 bits per heavy atom. The van der Waals surface area contributed by atoms with Gasteiger partial charge in [-0.25, -0.2) is 8.42 Å². The summed E-state index contributed by atoms with van der Waals surface area (Å²) in [6, 6.07) is 6.14. The topological polar surface area (TPSA) is 83.9 Å². The van der Waals surface area contributed by atoms with Crippen LogP contribution in [-0.2, 0) is 19.4 Å². The number of anilines is 1. The number of carboxylic acid groups (broad SMARTS) is 1. The first-order chi connectivity index (χ1) is 9.30. The molecule has 6 nitrogen and oxygen atoms in total. The van der Waals surface area contributed by atoms with Crippen LogP contribution in [0.25, 0.3) is 0 Å². The Bertz CT molecular complexity index is 596. The molecule has 1 N–H and O–H groups in total. The lowest BCUT2D eigenvalue weighted by Gasteiger charge is -2.28. The van der Waals surface area contributed by atoms with E-state index in [1.165, 1.54) is 12.1 Å². The van der Waals surface area contributed by atoms with Gasteiger partial charge in [0, 0.05) is 19.0 Å². The van der Waals surface area contributed by atoms with Crippen molar-refractivity contribution in [2.24, 2.45) is 5.92 Å². The van der Waals surface area contributed by atoms with Crippen molar-refractivity contribution in [3.05, 3.63) is 24.3 Å². The summed E-state index contributed by atoms with van der Waals surface area (Å²) in [5.41, 5.74) is 0.763. The molecular formula is C13H17NO5S. The largest absolute Gasteiger partial charge is 0.481 e. The van der Waals surface area contributed by atoms with Gasteiger partial charge in [0.05, 0.1) is 24.2 Å². The molecule has 0 radical (unpaired) electrons. The predicted octanol–water partition coefficient (Wildman–Crippen LogP) is 0.626. The molecule has 0 saturated carbocycles. The normalized spacial score (nSPS) is 22.7. The molecule has 20 heavy (non-hydrogen) atoms. The van der Waals surface area contributed by atoms with E-state index in [4.69, 9.17) is 9.84 Å². The van der Waals surface area contributed by atoms with E-state index in [0.717, 1.165) is 11.9 Å². The summed E-state index contributed by atoms with van der Waals surface area (Å²) in [4.78, 5) is 13.2. The summed E-state index contributed by atoms with van der Waals surface area (Å²) < 4.78 is 28.0. The van der Waals surface area contributed by atoms with E-state index >= 15 is 0 Å². The van der Waals surface area contributed by atoms with Crippen molar-refractivity contribution in [3.63, 3.8) is 0 Å². The Morgan fingerprint density at radius 2 is 1.90 bits per heavy atom. The number of carboxylic acids is 1. The van der Waals surface area contributed by atoms with Gasteiger partial charge in [-0.2, -0.15) is 0 Å². The molecule has 2 atom stereocenters. The minimum Gasteiger partial charge on any atom is -0.481 e. The number of ether oxygens (including phenoxy) is 1. The molecule has 1 saturated heterocycles. The average Bonchev–Trinajstić information content (AvgIpc) is 2.86. The summed E-state index contributed by atoms with van der Waals surface area (Å²) in [5, 5.41) is 9.14. The van der Waals surface area contributed by atoms with Gasteiger partial charge < -0.3 is 14.7 Å². The molecule has 1 aromatic carbocycles. The highest BCUT2D eigenvalue weighted by molar-refractivity contribution is 7.90. The molecule has 1 heterocycles. The maximum absolute atomic E-state index is 11.4. The fourth-order valence-corrected chi connectivity index (χ4v) is 2.91. The van der Waals surface area contributed by atoms with E-state index in [9.17, 15) is 13.2 Å². The Hall–Kier alpha value is -1.60. The van der Waals surface area contributed by atoms with Crippen molar-refractivity contribution >= 4 is 21.5 Å². The smallest absolute Gasteiger partial charge is 0.311 e. The summed E-state index contributed by atoms with van der Waals surface area (Å²) in [6.07, 6.45) is 1.15. The first-order valence-corrected chi connectivity index (χ1v) is 8.03. The van der Waals surface area contributed by atoms with E-state index in [1.807, 2.05) is 4.90 Å². The van der Waals surface area contributed by atoms with Gasteiger partial charge in [0.2, 0.25) is 0 Å². The number of aliphatic carboxylic acids is 1. The minimum atomic E-state index is -3.23. The number of rotatable bonds is 4. The first-order valence-electron chi connectivity index (χ1n) is 6.14. The predicted molar refractivity (Wildman–Crippen MR) is 73.7 cm³/mol. The van der Waals surface area contributed by atoms with Crippen LogP contribution in [0.15, 0.2) is 29.2 Å². The van der Waals surface area contributed by atoms with Crippen LogP contribution < -0.4 is 4.90 Å². The monoisotopic (exact) mass is 299 g/mol. The third-order valence-electron chi connectivity index (χ3n) is 3.54. The third-order valence-corrected chi connectivity index (χ3v) is 4.67. The molecule has 1 aromatic rings. The Morgan fingerprint density at radius 3 is 2.40 bits per heavy atom. The van der Waals surface area contributed by atoms with E-state index in [-0.39, 0.29) is 17.5 Å². The maximum atomic E-state index is 11.4. The van der Waals surface area contributed by atoms with Gasteiger partial charge in [-0.05, 0) is 24.3 Å². The van der Waals surface area contributed by atoms with Crippen molar-refractivity contribution in [3.8, 4) is 0 Å². The van der Waals surface area contributed by atoms with Crippen molar-refractivity contribution in [1.82, 2.24) is 0 Å². The number of hydrogen-bond donors (Lipinski definition) is 1. The molecule has 2 unspecified atom stereocenters. The van der Waals surface area contributed by atoms with Gasteiger partial charge in [-0.15, -0.1) is 0 Å². The summed E-state index contributed by atoms with van der Waals surface area (Å²) >= 11 is 0. The summed E-state index contributed by atoms with van der Waals surface area (Å²) in [5.74, 6) is -1.46. The molecule has 0 aromatic heterocycles. The number of benzene rings is 1. The van der Waals surface area contributed by atoms with Crippen molar-refractivity contribution < 1.29 is 23.1 Å². The molecule has 2 rings (SSSR count). The van der Waals surface area contributed by atoms with E-state index in [1.54, 1.807) is 19.2 Å². The SMILES string of the molecule is CN(c1ccc(S(C)(=O)=O)cc1)C1COCC1C(=O)O. The third kappa shape index (κ3) is 2.94. The van der Waals surface area contributed by atoms with Crippen LogP contribution in [0.5, 0.6) is 0 Å². The molecule has 0 amide bonds. The van der Waals surface area contributed by atoms with Crippen molar-refractivity contribution in [2.45, 2.75) is 10.9 Å². The molecule has 1 aliphatic rings. The Labute approximate surface area is 117 Å². The molecule has 110 valence electrons. The lowest BCUT2D eigenvalue weighted by Crippen LogP contribution is -2.40. The van der Waals surface area contributed by atoms with Gasteiger partial charge in [0.1, 0.15) is 5.92 Å². The van der Waals surface area contributed by atoms with Crippen LogP contribution in [-0.4, -0.2) is 52.1 Å². The number of nitrogens with zero attached hydrogens (tertiary/aromatic N) is 1. The van der Waals surface area contributed by atoms with Crippen LogP contribution in [0.1, 0.15) is 0 Å². The molecule has 0 aliphatic carbocycles. The van der Waals surface area contributed by atoms with Crippen molar-refractivity contribution in [1.29, 1.82) is 0 Å². The first kappa shape index (κ1) is 14.8. The highest BCUT2D eigenvalue weighted by atomic mass is 32.2. The lowest BCUT2D eigenvalue weighted by atomic mass is 10.0.